The minimum atomic E-state index is -0.181. The number of pyridine rings is 1. The summed E-state index contributed by atoms with van der Waals surface area (Å²) in [6, 6.07) is 10.2. The molecule has 1 aromatic carbocycles. The maximum absolute atomic E-state index is 11.4. The van der Waals surface area contributed by atoms with E-state index in [1.165, 1.54) is 5.56 Å². The maximum atomic E-state index is 11.4. The molecular weight excluding hydrogens is 264 g/mol. The molecule has 0 aliphatic heterocycles. The average molecular weight is 286 g/mol. The molecule has 1 aromatic heterocycles. The lowest BCUT2D eigenvalue weighted by Crippen LogP contribution is -2.26. The summed E-state index contributed by atoms with van der Waals surface area (Å²) in [5.41, 5.74) is 2.23. The number of benzene rings is 1. The Morgan fingerprint density at radius 1 is 1.29 bits per heavy atom. The molecule has 0 bridgehead atoms. The van der Waals surface area contributed by atoms with E-state index in [-0.39, 0.29) is 12.5 Å². The minimum Gasteiger partial charge on any atom is -0.465 e. The fourth-order valence-corrected chi connectivity index (χ4v) is 2.16. The molecule has 0 saturated heterocycles. The van der Waals surface area contributed by atoms with Gasteiger partial charge < -0.3 is 10.1 Å². The Labute approximate surface area is 125 Å². The molecule has 21 heavy (non-hydrogen) atoms. The summed E-state index contributed by atoms with van der Waals surface area (Å²) in [7, 11) is 0. The molecule has 0 atom stereocenters. The lowest BCUT2D eigenvalue weighted by Gasteiger charge is -2.07. The number of carbonyl (C=O) groups excluding carboxylic acids is 1. The van der Waals surface area contributed by atoms with Gasteiger partial charge in [-0.2, -0.15) is 0 Å². The van der Waals surface area contributed by atoms with Crippen LogP contribution in [-0.2, 0) is 16.0 Å². The Morgan fingerprint density at radius 2 is 2.14 bits per heavy atom. The van der Waals surface area contributed by atoms with Gasteiger partial charge in [0.15, 0.2) is 0 Å². The topological polar surface area (TPSA) is 51.2 Å². The third kappa shape index (κ3) is 4.83. The van der Waals surface area contributed by atoms with E-state index in [0.717, 1.165) is 36.7 Å². The van der Waals surface area contributed by atoms with Gasteiger partial charge in [0.25, 0.3) is 0 Å². The second kappa shape index (κ2) is 8.37. The molecule has 0 aliphatic rings. The predicted octanol–water partition coefficient (Wildman–Crippen LogP) is 2.71. The average Bonchev–Trinajstić information content (AvgIpc) is 2.52. The van der Waals surface area contributed by atoms with Gasteiger partial charge >= 0.3 is 5.97 Å². The number of hydrogen-bond donors (Lipinski definition) is 1. The smallest absolute Gasteiger partial charge is 0.319 e. The van der Waals surface area contributed by atoms with Crippen LogP contribution in [0.5, 0.6) is 0 Å². The zero-order chi connectivity index (χ0) is 14.9. The van der Waals surface area contributed by atoms with E-state index in [2.05, 4.69) is 35.4 Å². The Bertz CT molecular complexity index is 579. The molecule has 4 nitrogen and oxygen atoms in total. The number of nitrogens with one attached hydrogen (secondary N) is 1. The number of ether oxygens (including phenoxy) is 1. The van der Waals surface area contributed by atoms with Crippen molar-refractivity contribution in [1.82, 2.24) is 10.3 Å². The van der Waals surface area contributed by atoms with Crippen LogP contribution >= 0.6 is 0 Å². The molecule has 0 aliphatic carbocycles. The lowest BCUT2D eigenvalue weighted by atomic mass is 10.1. The summed E-state index contributed by atoms with van der Waals surface area (Å²) in [6.45, 7) is 3.59. The lowest BCUT2D eigenvalue weighted by molar-refractivity contribution is -0.142. The molecule has 0 saturated carbocycles. The first-order valence-corrected chi connectivity index (χ1v) is 7.50. The minimum absolute atomic E-state index is 0.181. The van der Waals surface area contributed by atoms with Crippen LogP contribution < -0.4 is 5.32 Å². The van der Waals surface area contributed by atoms with Crippen LogP contribution in [0.25, 0.3) is 10.9 Å². The largest absolute Gasteiger partial charge is 0.465 e. The molecule has 0 amide bonds. The van der Waals surface area contributed by atoms with Crippen LogP contribution in [0.3, 0.4) is 0 Å². The molecule has 0 unspecified atom stereocenters. The van der Waals surface area contributed by atoms with Crippen molar-refractivity contribution >= 4 is 16.9 Å². The molecule has 1 N–H and O–H groups in total. The Balaban J connectivity index is 1.76. The third-order valence-electron chi connectivity index (χ3n) is 3.32. The molecule has 4 heteroatoms. The highest BCUT2D eigenvalue weighted by atomic mass is 16.5. The number of unbranched alkanes of at least 4 members (excludes halogenated alkanes) is 1. The highest BCUT2D eigenvalue weighted by Crippen LogP contribution is 2.15. The first kappa shape index (κ1) is 15.4. The summed E-state index contributed by atoms with van der Waals surface area (Å²) >= 11 is 0. The number of rotatable bonds is 8. The zero-order valence-corrected chi connectivity index (χ0v) is 12.5. The number of esters is 1. The third-order valence-corrected chi connectivity index (χ3v) is 3.32. The number of hydrogen-bond acceptors (Lipinski definition) is 4. The van der Waals surface area contributed by atoms with E-state index in [4.69, 9.17) is 4.74 Å². The number of nitrogens with zero attached hydrogens (tertiary/aromatic N) is 1. The van der Waals surface area contributed by atoms with Crippen molar-refractivity contribution in [3.63, 3.8) is 0 Å². The molecule has 1 heterocycles. The van der Waals surface area contributed by atoms with Gasteiger partial charge in [-0.3, -0.25) is 9.78 Å². The summed E-state index contributed by atoms with van der Waals surface area (Å²) in [6.07, 6.45) is 4.61. The number of para-hydroxylation sites is 1. The SMILES string of the molecule is CCCCOC(=O)CNCCc1cccc2cccnc12. The summed E-state index contributed by atoms with van der Waals surface area (Å²) < 4.78 is 5.09. The van der Waals surface area contributed by atoms with Crippen molar-refractivity contribution in [2.45, 2.75) is 26.2 Å². The van der Waals surface area contributed by atoms with E-state index >= 15 is 0 Å². The van der Waals surface area contributed by atoms with Crippen LogP contribution in [0.1, 0.15) is 25.3 Å². The second-order valence-corrected chi connectivity index (χ2v) is 4.99. The standard InChI is InChI=1S/C17H22N2O2/c1-2-3-12-21-16(20)13-18-11-9-15-7-4-6-14-8-5-10-19-17(14)15/h4-8,10,18H,2-3,9,11-13H2,1H3. The zero-order valence-electron chi connectivity index (χ0n) is 12.5. The number of aromatic nitrogens is 1. The summed E-state index contributed by atoms with van der Waals surface area (Å²) in [5, 5.41) is 4.27. The van der Waals surface area contributed by atoms with Gasteiger partial charge in [0.2, 0.25) is 0 Å². The van der Waals surface area contributed by atoms with Gasteiger partial charge in [0.1, 0.15) is 0 Å². The van der Waals surface area contributed by atoms with Gasteiger partial charge in [0, 0.05) is 11.6 Å². The molecule has 0 spiro atoms. The fourth-order valence-electron chi connectivity index (χ4n) is 2.16. The predicted molar refractivity (Wildman–Crippen MR) is 84.2 cm³/mol. The van der Waals surface area contributed by atoms with E-state index in [1.54, 1.807) is 0 Å². The molecule has 0 radical (unpaired) electrons. The monoisotopic (exact) mass is 286 g/mol. The Hall–Kier alpha value is -1.94. The Morgan fingerprint density at radius 3 is 3.00 bits per heavy atom. The van der Waals surface area contributed by atoms with E-state index in [9.17, 15) is 4.79 Å². The van der Waals surface area contributed by atoms with Crippen molar-refractivity contribution in [2.24, 2.45) is 0 Å². The highest BCUT2D eigenvalue weighted by Gasteiger charge is 2.04. The fraction of sp³-hybridized carbons (Fsp3) is 0.412. The number of carbonyl (C=O) groups is 1. The van der Waals surface area contributed by atoms with Crippen molar-refractivity contribution in [3.05, 3.63) is 42.1 Å². The molecule has 2 rings (SSSR count). The normalized spacial score (nSPS) is 10.7. The van der Waals surface area contributed by atoms with Crippen molar-refractivity contribution in [3.8, 4) is 0 Å². The van der Waals surface area contributed by atoms with Crippen LogP contribution in [0, 0.1) is 0 Å². The van der Waals surface area contributed by atoms with Gasteiger partial charge in [-0.05, 0) is 31.0 Å². The molecular formula is C17H22N2O2. The molecule has 112 valence electrons. The van der Waals surface area contributed by atoms with Crippen LogP contribution in [0.4, 0.5) is 0 Å². The first-order valence-electron chi connectivity index (χ1n) is 7.50. The molecule has 2 aromatic rings. The Kier molecular flexibility index (Phi) is 6.16. The maximum Gasteiger partial charge on any atom is 0.319 e. The van der Waals surface area contributed by atoms with E-state index in [1.807, 2.05) is 18.3 Å². The second-order valence-electron chi connectivity index (χ2n) is 4.99. The quantitative estimate of drug-likeness (QED) is 0.599. The van der Waals surface area contributed by atoms with E-state index < -0.39 is 0 Å². The first-order chi connectivity index (χ1) is 10.3. The van der Waals surface area contributed by atoms with Gasteiger partial charge in [0.05, 0.1) is 18.7 Å². The van der Waals surface area contributed by atoms with Crippen molar-refractivity contribution in [1.29, 1.82) is 0 Å². The van der Waals surface area contributed by atoms with Gasteiger partial charge in [-0.15, -0.1) is 0 Å². The van der Waals surface area contributed by atoms with E-state index in [0.29, 0.717) is 6.61 Å². The highest BCUT2D eigenvalue weighted by molar-refractivity contribution is 5.81. The van der Waals surface area contributed by atoms with Crippen LogP contribution in [-0.4, -0.2) is 30.6 Å². The summed E-state index contributed by atoms with van der Waals surface area (Å²) in [4.78, 5) is 15.9. The van der Waals surface area contributed by atoms with Crippen molar-refractivity contribution in [2.75, 3.05) is 19.7 Å². The van der Waals surface area contributed by atoms with Gasteiger partial charge in [-0.25, -0.2) is 0 Å². The van der Waals surface area contributed by atoms with Gasteiger partial charge in [-0.1, -0.05) is 37.6 Å². The van der Waals surface area contributed by atoms with Crippen molar-refractivity contribution < 1.29 is 9.53 Å². The number of fused-ring (bicyclic) bond motifs is 1. The van der Waals surface area contributed by atoms with Crippen LogP contribution in [0.15, 0.2) is 36.5 Å². The summed E-state index contributed by atoms with van der Waals surface area (Å²) in [5.74, 6) is -0.181. The van der Waals surface area contributed by atoms with Crippen LogP contribution in [0.2, 0.25) is 0 Å². The molecule has 0 fully saturated rings.